The maximum Gasteiger partial charge on any atom is 0.223 e. The lowest BCUT2D eigenvalue weighted by Crippen LogP contribution is -2.28. The Kier molecular flexibility index (Phi) is 4.99. The van der Waals surface area contributed by atoms with E-state index in [-0.39, 0.29) is 6.10 Å². The minimum Gasteiger partial charge on any atom is -0.491 e. The maximum absolute atomic E-state index is 9.64. The number of nitrogens with one attached hydrogen (secondary N) is 1. The minimum absolute atomic E-state index is 0.157. The van der Waals surface area contributed by atoms with Gasteiger partial charge in [0, 0.05) is 30.1 Å². The van der Waals surface area contributed by atoms with Crippen LogP contribution in [0.3, 0.4) is 0 Å². The highest BCUT2D eigenvalue weighted by Crippen LogP contribution is 2.27. The van der Waals surface area contributed by atoms with Crippen molar-refractivity contribution in [3.05, 3.63) is 24.4 Å². The number of rotatable bonds is 5. The molecule has 1 aliphatic carbocycles. The third kappa shape index (κ3) is 4.02. The highest BCUT2D eigenvalue weighted by atomic mass is 16.5. The van der Waals surface area contributed by atoms with Gasteiger partial charge < -0.3 is 19.9 Å². The molecule has 0 bridgehead atoms. The zero-order chi connectivity index (χ0) is 17.1. The zero-order valence-corrected chi connectivity index (χ0v) is 14.4. The summed E-state index contributed by atoms with van der Waals surface area (Å²) in [5, 5.41) is 14.0. The van der Waals surface area contributed by atoms with Gasteiger partial charge in [0.1, 0.15) is 11.3 Å². The first-order valence-corrected chi connectivity index (χ1v) is 9.19. The Balaban J connectivity index is 1.48. The summed E-state index contributed by atoms with van der Waals surface area (Å²) in [6.07, 6.45) is 6.31. The van der Waals surface area contributed by atoms with Crippen LogP contribution < -0.4 is 10.1 Å². The molecule has 2 heterocycles. The molecule has 2 aliphatic rings. The van der Waals surface area contributed by atoms with Crippen LogP contribution in [0.2, 0.25) is 0 Å². The van der Waals surface area contributed by atoms with Gasteiger partial charge in [-0.15, -0.1) is 0 Å². The molecule has 4 rings (SSSR count). The van der Waals surface area contributed by atoms with Gasteiger partial charge in [0.15, 0.2) is 0 Å². The molecule has 0 spiro atoms. The summed E-state index contributed by atoms with van der Waals surface area (Å²) < 4.78 is 11.4. The number of nitrogens with zero attached hydrogens (tertiary/aromatic N) is 2. The van der Waals surface area contributed by atoms with Gasteiger partial charge in [-0.2, -0.15) is 0 Å². The quantitative estimate of drug-likeness (QED) is 0.869. The van der Waals surface area contributed by atoms with E-state index in [1.54, 1.807) is 0 Å². The van der Waals surface area contributed by atoms with Crippen LogP contribution in [0.15, 0.2) is 24.4 Å². The molecule has 2 N–H and O–H groups in total. The average Bonchev–Trinajstić information content (AvgIpc) is 3.15. The molecule has 134 valence electrons. The normalized spacial score (nSPS) is 26.7. The third-order valence-electron chi connectivity index (χ3n) is 5.10. The van der Waals surface area contributed by atoms with Crippen molar-refractivity contribution in [3.8, 4) is 5.75 Å². The highest BCUT2D eigenvalue weighted by molar-refractivity contribution is 5.84. The van der Waals surface area contributed by atoms with Gasteiger partial charge in [0.05, 0.1) is 19.3 Å². The van der Waals surface area contributed by atoms with E-state index < -0.39 is 0 Å². The van der Waals surface area contributed by atoms with Gasteiger partial charge in [0.25, 0.3) is 0 Å². The molecule has 0 radical (unpaired) electrons. The van der Waals surface area contributed by atoms with E-state index in [0.29, 0.717) is 24.5 Å². The van der Waals surface area contributed by atoms with Crippen molar-refractivity contribution < 1.29 is 14.6 Å². The van der Waals surface area contributed by atoms with Crippen molar-refractivity contribution in [3.63, 3.8) is 0 Å². The Bertz CT molecular complexity index is 710. The van der Waals surface area contributed by atoms with Gasteiger partial charge in [-0.1, -0.05) is 12.1 Å². The number of aliphatic hydroxyl groups is 1. The van der Waals surface area contributed by atoms with Crippen molar-refractivity contribution in [2.75, 3.05) is 25.1 Å². The fourth-order valence-electron chi connectivity index (χ4n) is 3.54. The van der Waals surface area contributed by atoms with Gasteiger partial charge in [0.2, 0.25) is 5.95 Å². The molecule has 1 unspecified atom stereocenters. The number of aliphatic hydroxyl groups excluding tert-OH is 1. The van der Waals surface area contributed by atoms with Crippen molar-refractivity contribution in [1.82, 2.24) is 9.97 Å². The molecule has 1 atom stereocenters. The summed E-state index contributed by atoms with van der Waals surface area (Å²) >= 11 is 0. The minimum atomic E-state index is -0.157. The molecule has 0 amide bonds. The monoisotopic (exact) mass is 343 g/mol. The summed E-state index contributed by atoms with van der Waals surface area (Å²) in [6.45, 7) is 2.27. The number of para-hydroxylation sites is 1. The Morgan fingerprint density at radius 1 is 1.20 bits per heavy atom. The Morgan fingerprint density at radius 2 is 2.08 bits per heavy atom. The SMILES string of the molecule is OC1CCC(Nc2ncc3cccc(OCC4CCOC4)c3n2)CC1. The van der Waals surface area contributed by atoms with Crippen molar-refractivity contribution in [1.29, 1.82) is 0 Å². The van der Waals surface area contributed by atoms with E-state index in [2.05, 4.69) is 10.3 Å². The molecule has 25 heavy (non-hydrogen) atoms. The standard InChI is InChI=1S/C19H25N3O3/c23-16-6-4-15(5-7-16)21-19-20-10-14-2-1-3-17(18(14)22-19)25-12-13-8-9-24-11-13/h1-3,10,13,15-16,23H,4-9,11-12H2,(H,20,21,22). The van der Waals surface area contributed by atoms with Crippen LogP contribution in [0.5, 0.6) is 5.75 Å². The number of aromatic nitrogens is 2. The summed E-state index contributed by atoms with van der Waals surface area (Å²) in [6, 6.07) is 6.26. The number of hydrogen-bond donors (Lipinski definition) is 2. The second-order valence-electron chi connectivity index (χ2n) is 7.08. The van der Waals surface area contributed by atoms with Crippen LogP contribution in [0, 0.1) is 5.92 Å². The molecule has 1 saturated heterocycles. The lowest BCUT2D eigenvalue weighted by Gasteiger charge is -2.26. The zero-order valence-electron chi connectivity index (χ0n) is 14.4. The van der Waals surface area contributed by atoms with Crippen LogP contribution in [0.4, 0.5) is 5.95 Å². The lowest BCUT2D eigenvalue weighted by molar-refractivity contribution is 0.126. The van der Waals surface area contributed by atoms with E-state index >= 15 is 0 Å². The molecule has 1 saturated carbocycles. The average molecular weight is 343 g/mol. The molecule has 1 aromatic heterocycles. The van der Waals surface area contributed by atoms with Crippen molar-refractivity contribution >= 4 is 16.9 Å². The maximum atomic E-state index is 9.64. The van der Waals surface area contributed by atoms with Crippen molar-refractivity contribution in [2.24, 2.45) is 5.92 Å². The molecule has 6 nitrogen and oxygen atoms in total. The Labute approximate surface area is 147 Å². The van der Waals surface area contributed by atoms with Crippen LogP contribution in [0.25, 0.3) is 10.9 Å². The van der Waals surface area contributed by atoms with Crippen LogP contribution in [0.1, 0.15) is 32.1 Å². The van der Waals surface area contributed by atoms with E-state index in [4.69, 9.17) is 14.5 Å². The van der Waals surface area contributed by atoms with E-state index in [1.807, 2.05) is 24.4 Å². The van der Waals surface area contributed by atoms with E-state index in [1.165, 1.54) is 0 Å². The molecule has 1 aliphatic heterocycles. The van der Waals surface area contributed by atoms with Crippen LogP contribution >= 0.6 is 0 Å². The largest absolute Gasteiger partial charge is 0.491 e. The molecule has 6 heteroatoms. The highest BCUT2D eigenvalue weighted by Gasteiger charge is 2.20. The molecular formula is C19H25N3O3. The second kappa shape index (κ2) is 7.54. The van der Waals surface area contributed by atoms with E-state index in [0.717, 1.165) is 62.0 Å². The van der Waals surface area contributed by atoms with Gasteiger partial charge >= 0.3 is 0 Å². The molecule has 2 aromatic rings. The first-order valence-electron chi connectivity index (χ1n) is 9.19. The predicted octanol–water partition coefficient (Wildman–Crippen LogP) is 2.76. The van der Waals surface area contributed by atoms with Crippen LogP contribution in [-0.4, -0.2) is 47.0 Å². The van der Waals surface area contributed by atoms with Gasteiger partial charge in [-0.05, 0) is 38.2 Å². The first kappa shape index (κ1) is 16.5. The summed E-state index contributed by atoms with van der Waals surface area (Å²) in [4.78, 5) is 9.13. The van der Waals surface area contributed by atoms with Gasteiger partial charge in [-0.3, -0.25) is 0 Å². The van der Waals surface area contributed by atoms with Crippen molar-refractivity contribution in [2.45, 2.75) is 44.2 Å². The lowest BCUT2D eigenvalue weighted by atomic mass is 9.93. The third-order valence-corrected chi connectivity index (χ3v) is 5.10. The fourth-order valence-corrected chi connectivity index (χ4v) is 3.54. The predicted molar refractivity (Wildman–Crippen MR) is 95.8 cm³/mol. The Morgan fingerprint density at radius 3 is 2.88 bits per heavy atom. The number of hydrogen-bond acceptors (Lipinski definition) is 6. The smallest absolute Gasteiger partial charge is 0.223 e. The first-order chi connectivity index (χ1) is 12.3. The fraction of sp³-hybridized carbons (Fsp3) is 0.579. The number of benzene rings is 1. The number of ether oxygens (including phenoxy) is 2. The topological polar surface area (TPSA) is 76.5 Å². The Hall–Kier alpha value is -1.92. The number of anilines is 1. The number of fused-ring (bicyclic) bond motifs is 1. The summed E-state index contributed by atoms with van der Waals surface area (Å²) in [5.41, 5.74) is 0.842. The molecule has 2 fully saturated rings. The molecular weight excluding hydrogens is 318 g/mol. The second-order valence-corrected chi connectivity index (χ2v) is 7.08. The molecule has 1 aromatic carbocycles. The summed E-state index contributed by atoms with van der Waals surface area (Å²) in [5.74, 6) is 1.89. The van der Waals surface area contributed by atoms with E-state index in [9.17, 15) is 5.11 Å². The van der Waals surface area contributed by atoms with Crippen LogP contribution in [-0.2, 0) is 4.74 Å². The summed E-state index contributed by atoms with van der Waals surface area (Å²) in [7, 11) is 0. The van der Waals surface area contributed by atoms with Gasteiger partial charge in [-0.25, -0.2) is 9.97 Å².